The Kier molecular flexibility index (Phi) is 4.30. The molecule has 27 heavy (non-hydrogen) atoms. The summed E-state index contributed by atoms with van der Waals surface area (Å²) in [7, 11) is 0. The van der Waals surface area contributed by atoms with Gasteiger partial charge in [-0.3, -0.25) is 15.1 Å². The SMILES string of the molecule is Cc1[nH]c2ccccc2c1[C@@H](Nc1ccc([N+](=O)[O-])cc1)c1ccccn1. The zero-order chi connectivity index (χ0) is 18.8. The van der Waals surface area contributed by atoms with E-state index in [1.165, 1.54) is 12.1 Å². The van der Waals surface area contributed by atoms with Crippen LogP contribution in [0.25, 0.3) is 10.9 Å². The summed E-state index contributed by atoms with van der Waals surface area (Å²) in [4.78, 5) is 18.5. The van der Waals surface area contributed by atoms with E-state index in [0.717, 1.165) is 33.5 Å². The third-order valence-electron chi connectivity index (χ3n) is 4.60. The van der Waals surface area contributed by atoms with Crippen LogP contribution in [0.3, 0.4) is 0 Å². The van der Waals surface area contributed by atoms with Crippen molar-refractivity contribution in [1.29, 1.82) is 0 Å². The molecule has 134 valence electrons. The predicted octanol–water partition coefficient (Wildman–Crippen LogP) is 4.98. The Morgan fingerprint density at radius 3 is 2.48 bits per heavy atom. The summed E-state index contributed by atoms with van der Waals surface area (Å²) in [6, 6.07) is 20.2. The molecule has 0 amide bonds. The number of hydrogen-bond acceptors (Lipinski definition) is 4. The minimum Gasteiger partial charge on any atom is -0.373 e. The zero-order valence-electron chi connectivity index (χ0n) is 14.7. The number of non-ortho nitro benzene ring substituents is 1. The van der Waals surface area contributed by atoms with Crippen molar-refractivity contribution in [3.8, 4) is 0 Å². The molecule has 2 aromatic heterocycles. The molecule has 6 nitrogen and oxygen atoms in total. The summed E-state index contributed by atoms with van der Waals surface area (Å²) in [6.45, 7) is 2.04. The number of aromatic amines is 1. The third-order valence-corrected chi connectivity index (χ3v) is 4.60. The van der Waals surface area contributed by atoms with E-state index in [1.807, 2.05) is 43.3 Å². The van der Waals surface area contributed by atoms with Gasteiger partial charge < -0.3 is 10.3 Å². The number of nitro groups is 1. The van der Waals surface area contributed by atoms with E-state index in [-0.39, 0.29) is 11.7 Å². The van der Waals surface area contributed by atoms with Crippen molar-refractivity contribution in [1.82, 2.24) is 9.97 Å². The molecule has 0 saturated heterocycles. The maximum absolute atomic E-state index is 10.9. The van der Waals surface area contributed by atoms with Crippen molar-refractivity contribution >= 4 is 22.3 Å². The van der Waals surface area contributed by atoms with Crippen LogP contribution in [-0.2, 0) is 0 Å². The van der Waals surface area contributed by atoms with Gasteiger partial charge >= 0.3 is 0 Å². The van der Waals surface area contributed by atoms with Gasteiger partial charge in [-0.25, -0.2) is 0 Å². The summed E-state index contributed by atoms with van der Waals surface area (Å²) in [6.07, 6.45) is 1.77. The highest BCUT2D eigenvalue weighted by atomic mass is 16.6. The van der Waals surface area contributed by atoms with Gasteiger partial charge in [0.05, 0.1) is 16.7 Å². The maximum atomic E-state index is 10.9. The second-order valence-corrected chi connectivity index (χ2v) is 6.35. The molecule has 0 aliphatic rings. The second-order valence-electron chi connectivity index (χ2n) is 6.35. The van der Waals surface area contributed by atoms with Crippen LogP contribution in [0.15, 0.2) is 72.9 Å². The van der Waals surface area contributed by atoms with Crippen molar-refractivity contribution in [2.75, 3.05) is 5.32 Å². The minimum atomic E-state index is -0.399. The molecule has 2 aromatic carbocycles. The van der Waals surface area contributed by atoms with E-state index in [4.69, 9.17) is 0 Å². The van der Waals surface area contributed by atoms with Crippen LogP contribution < -0.4 is 5.32 Å². The first kappa shape index (κ1) is 16.8. The normalized spacial score (nSPS) is 12.0. The van der Waals surface area contributed by atoms with E-state index in [0.29, 0.717) is 0 Å². The van der Waals surface area contributed by atoms with E-state index >= 15 is 0 Å². The van der Waals surface area contributed by atoms with Crippen LogP contribution in [0.2, 0.25) is 0 Å². The summed E-state index contributed by atoms with van der Waals surface area (Å²) in [5, 5.41) is 15.5. The molecule has 2 heterocycles. The molecule has 0 spiro atoms. The van der Waals surface area contributed by atoms with Crippen LogP contribution in [0.5, 0.6) is 0 Å². The monoisotopic (exact) mass is 358 g/mol. The van der Waals surface area contributed by atoms with Gasteiger partial charge in [0.2, 0.25) is 0 Å². The number of hydrogen-bond donors (Lipinski definition) is 2. The molecular formula is C21H18N4O2. The zero-order valence-corrected chi connectivity index (χ0v) is 14.7. The lowest BCUT2D eigenvalue weighted by Crippen LogP contribution is -2.14. The van der Waals surface area contributed by atoms with E-state index in [9.17, 15) is 10.1 Å². The average molecular weight is 358 g/mol. The first-order chi connectivity index (χ1) is 13.1. The Labute approximate surface area is 156 Å². The van der Waals surface area contributed by atoms with Gasteiger partial charge in [0, 0.05) is 46.2 Å². The fourth-order valence-corrected chi connectivity index (χ4v) is 3.36. The Hall–Kier alpha value is -3.67. The summed E-state index contributed by atoms with van der Waals surface area (Å²) < 4.78 is 0. The van der Waals surface area contributed by atoms with Gasteiger partial charge in [-0.2, -0.15) is 0 Å². The van der Waals surface area contributed by atoms with Crippen molar-refractivity contribution in [2.45, 2.75) is 13.0 Å². The Morgan fingerprint density at radius 1 is 1.04 bits per heavy atom. The molecule has 4 aromatic rings. The number of nitrogens with zero attached hydrogens (tertiary/aromatic N) is 2. The summed E-state index contributed by atoms with van der Waals surface area (Å²) in [5.41, 5.74) is 4.98. The number of pyridine rings is 1. The first-order valence-electron chi connectivity index (χ1n) is 8.62. The van der Waals surface area contributed by atoms with Gasteiger partial charge in [0.1, 0.15) is 0 Å². The van der Waals surface area contributed by atoms with Crippen molar-refractivity contribution < 1.29 is 4.92 Å². The van der Waals surface area contributed by atoms with Crippen LogP contribution in [0.1, 0.15) is 23.0 Å². The lowest BCUT2D eigenvalue weighted by atomic mass is 9.99. The number of H-pyrrole nitrogens is 1. The molecule has 0 unspecified atom stereocenters. The molecule has 0 bridgehead atoms. The maximum Gasteiger partial charge on any atom is 0.269 e. The lowest BCUT2D eigenvalue weighted by molar-refractivity contribution is -0.384. The van der Waals surface area contributed by atoms with Crippen molar-refractivity contribution in [2.24, 2.45) is 0 Å². The number of para-hydroxylation sites is 1. The van der Waals surface area contributed by atoms with Crippen LogP contribution in [0.4, 0.5) is 11.4 Å². The molecule has 0 radical (unpaired) electrons. The number of nitrogens with one attached hydrogen (secondary N) is 2. The number of aromatic nitrogens is 2. The highest BCUT2D eigenvalue weighted by Crippen LogP contribution is 2.34. The van der Waals surface area contributed by atoms with Crippen molar-refractivity contribution in [3.05, 3.63) is 100.0 Å². The molecule has 0 aliphatic heterocycles. The number of nitro benzene ring substituents is 1. The molecule has 6 heteroatoms. The van der Waals surface area contributed by atoms with Gasteiger partial charge in [-0.15, -0.1) is 0 Å². The largest absolute Gasteiger partial charge is 0.373 e. The molecule has 0 saturated carbocycles. The Morgan fingerprint density at radius 2 is 1.78 bits per heavy atom. The number of benzene rings is 2. The number of rotatable bonds is 5. The van der Waals surface area contributed by atoms with Gasteiger partial charge in [-0.05, 0) is 37.3 Å². The number of aryl methyl sites for hydroxylation is 1. The van der Waals surface area contributed by atoms with E-state index < -0.39 is 4.92 Å². The highest BCUT2D eigenvalue weighted by molar-refractivity contribution is 5.86. The highest BCUT2D eigenvalue weighted by Gasteiger charge is 2.22. The van der Waals surface area contributed by atoms with Crippen LogP contribution >= 0.6 is 0 Å². The molecule has 0 fully saturated rings. The standard InChI is InChI=1S/C21H18N4O2/c1-14-20(17-6-2-3-7-18(17)23-14)21(19-8-4-5-13-22-19)24-15-9-11-16(12-10-15)25(26)27/h2-13,21,23-24H,1H3/t21-/m0/s1. The van der Waals surface area contributed by atoms with Gasteiger partial charge in [-0.1, -0.05) is 24.3 Å². The average Bonchev–Trinajstić information content (AvgIpc) is 3.03. The summed E-state index contributed by atoms with van der Waals surface area (Å²) >= 11 is 0. The Balaban J connectivity index is 1.80. The smallest absolute Gasteiger partial charge is 0.269 e. The minimum absolute atomic E-state index is 0.0678. The lowest BCUT2D eigenvalue weighted by Gasteiger charge is -2.20. The van der Waals surface area contributed by atoms with Crippen molar-refractivity contribution in [3.63, 3.8) is 0 Å². The quantitative estimate of drug-likeness (QED) is 0.389. The predicted molar refractivity (Wildman–Crippen MR) is 106 cm³/mol. The first-order valence-corrected chi connectivity index (χ1v) is 8.62. The molecule has 2 N–H and O–H groups in total. The fraction of sp³-hybridized carbons (Fsp3) is 0.0952. The third kappa shape index (κ3) is 3.25. The molecule has 0 aliphatic carbocycles. The summed E-state index contributed by atoms with van der Waals surface area (Å²) in [5.74, 6) is 0. The molecule has 1 atom stereocenters. The van der Waals surface area contributed by atoms with Crippen LogP contribution in [0, 0.1) is 17.0 Å². The second kappa shape index (κ2) is 6.92. The van der Waals surface area contributed by atoms with Gasteiger partial charge in [0.25, 0.3) is 5.69 Å². The van der Waals surface area contributed by atoms with Gasteiger partial charge in [0.15, 0.2) is 0 Å². The topological polar surface area (TPSA) is 83.8 Å². The molecule has 4 rings (SSSR count). The van der Waals surface area contributed by atoms with E-state index in [2.05, 4.69) is 21.4 Å². The Bertz CT molecular complexity index is 1090. The fourth-order valence-electron chi connectivity index (χ4n) is 3.36. The molecular weight excluding hydrogens is 340 g/mol. The van der Waals surface area contributed by atoms with Crippen LogP contribution in [-0.4, -0.2) is 14.9 Å². The number of fused-ring (bicyclic) bond motifs is 1. The van der Waals surface area contributed by atoms with E-state index in [1.54, 1.807) is 18.3 Å². The number of anilines is 1.